The molecule has 194 valence electrons. The number of carboxylic acid groups (broad SMARTS) is 1. The lowest BCUT2D eigenvalue weighted by Crippen LogP contribution is -3.00. The molecule has 0 saturated carbocycles. The Kier molecular flexibility index (Phi) is 5.84. The Morgan fingerprint density at radius 1 is 0.868 bits per heavy atom. The molecule has 3 heterocycles. The number of aromatic carboxylic acids is 1. The molecule has 5 nitrogen and oxygen atoms in total. The van der Waals surface area contributed by atoms with Crippen molar-refractivity contribution in [1.82, 2.24) is 0 Å². The summed E-state index contributed by atoms with van der Waals surface area (Å²) in [5, 5.41) is 15.1. The van der Waals surface area contributed by atoms with Gasteiger partial charge in [-0.25, -0.2) is 9.79 Å². The number of rotatable bonds is 2. The Morgan fingerprint density at radius 2 is 1.55 bits per heavy atom. The number of carbonyl (C=O) groups is 1. The van der Waals surface area contributed by atoms with Gasteiger partial charge in [0.2, 0.25) is 5.36 Å². The summed E-state index contributed by atoms with van der Waals surface area (Å²) in [7, 11) is 0. The molecule has 3 aliphatic heterocycles. The third kappa shape index (κ3) is 4.21. The van der Waals surface area contributed by atoms with Crippen LogP contribution in [0.1, 0.15) is 74.2 Å². The van der Waals surface area contributed by atoms with Gasteiger partial charge in [-0.3, -0.25) is 0 Å². The van der Waals surface area contributed by atoms with Crippen LogP contribution in [0.2, 0.25) is 0 Å². The van der Waals surface area contributed by atoms with Gasteiger partial charge in [-0.05, 0) is 74.7 Å². The number of nitrogens with one attached hydrogen (secondary N) is 2. The topological polar surface area (TPSA) is 72.5 Å². The maximum absolute atomic E-state index is 11.5. The molecule has 0 amide bonds. The number of fused-ring (bicyclic) bond motifs is 4. The fourth-order valence-electron chi connectivity index (χ4n) is 5.94. The summed E-state index contributed by atoms with van der Waals surface area (Å²) in [6, 6.07) is 15.7. The normalized spacial score (nSPS) is 17.5. The predicted octanol–water partition coefficient (Wildman–Crippen LogP) is 1.24. The van der Waals surface area contributed by atoms with Gasteiger partial charge in [-0.1, -0.05) is 18.2 Å². The van der Waals surface area contributed by atoms with E-state index in [1.54, 1.807) is 12.1 Å². The van der Waals surface area contributed by atoms with Gasteiger partial charge in [-0.15, -0.1) is 0 Å². The molecular formula is C32H31ClN2O3. The standard InChI is InChI=1S/C32H30N2O3.ClH/c1-17-15-31(3,4)33-25-13-27-23(11-21(17)25)29(19-7-9-20(10-8-19)30(35)36)24-12-22-18(2)16-32(5,6)34-26(22)14-28(24)37-27;/h7-16,33H,1-6H3,(H,35,36);1H. The van der Waals surface area contributed by atoms with Crippen LogP contribution >= 0.6 is 0 Å². The average molecular weight is 527 g/mol. The Morgan fingerprint density at radius 3 is 2.24 bits per heavy atom. The van der Waals surface area contributed by atoms with Crippen LogP contribution in [0, 0.1) is 0 Å². The minimum Gasteiger partial charge on any atom is -1.00 e. The number of hydrogen-bond acceptors (Lipinski definition) is 3. The summed E-state index contributed by atoms with van der Waals surface area (Å²) < 4.78 is 6.60. The first-order valence-electron chi connectivity index (χ1n) is 12.6. The second-order valence-corrected chi connectivity index (χ2v) is 11.5. The van der Waals surface area contributed by atoms with Gasteiger partial charge < -0.3 is 27.6 Å². The van der Waals surface area contributed by atoms with Crippen molar-refractivity contribution in [2.24, 2.45) is 0 Å². The first-order chi connectivity index (χ1) is 17.4. The molecule has 0 radical (unpaired) electrons. The van der Waals surface area contributed by atoms with Crippen LogP contribution in [-0.2, 0) is 0 Å². The third-order valence-electron chi connectivity index (χ3n) is 7.34. The molecule has 3 N–H and O–H groups in total. The Labute approximate surface area is 228 Å². The molecule has 6 heteroatoms. The van der Waals surface area contributed by atoms with E-state index in [2.05, 4.69) is 88.3 Å². The molecule has 0 atom stereocenters. The molecule has 3 aliphatic rings. The molecule has 3 aromatic carbocycles. The molecule has 0 bridgehead atoms. The highest BCUT2D eigenvalue weighted by atomic mass is 35.5. The number of carboxylic acids is 1. The van der Waals surface area contributed by atoms with E-state index in [0.29, 0.717) is 0 Å². The van der Waals surface area contributed by atoms with E-state index >= 15 is 0 Å². The van der Waals surface area contributed by atoms with Crippen molar-refractivity contribution in [3.8, 4) is 11.5 Å². The van der Waals surface area contributed by atoms with Gasteiger partial charge in [0.05, 0.1) is 17.2 Å². The number of anilines is 1. The van der Waals surface area contributed by atoms with Gasteiger partial charge in [0.15, 0.2) is 5.54 Å². The number of benzene rings is 3. The van der Waals surface area contributed by atoms with Crippen LogP contribution < -0.4 is 38.0 Å². The zero-order valence-electron chi connectivity index (χ0n) is 22.4. The Hall–Kier alpha value is -3.83. The zero-order chi connectivity index (χ0) is 26.3. The quantitative estimate of drug-likeness (QED) is 0.368. The lowest BCUT2D eigenvalue weighted by molar-refractivity contribution is -0.568. The van der Waals surface area contributed by atoms with Crippen molar-refractivity contribution in [1.29, 1.82) is 0 Å². The van der Waals surface area contributed by atoms with Gasteiger partial charge in [0, 0.05) is 53.1 Å². The van der Waals surface area contributed by atoms with Crippen LogP contribution in [0.3, 0.4) is 0 Å². The van der Waals surface area contributed by atoms with Crippen molar-refractivity contribution >= 4 is 28.4 Å². The van der Waals surface area contributed by atoms with Crippen molar-refractivity contribution in [3.05, 3.63) is 99.1 Å². The maximum atomic E-state index is 11.5. The minimum atomic E-state index is -0.934. The van der Waals surface area contributed by atoms with Crippen LogP contribution in [-0.4, -0.2) is 22.2 Å². The summed E-state index contributed by atoms with van der Waals surface area (Å²) in [6.45, 7) is 12.9. The number of halogens is 1. The molecule has 6 rings (SSSR count). The molecule has 0 fully saturated rings. The van der Waals surface area contributed by atoms with Crippen LogP contribution in [0.5, 0.6) is 11.5 Å². The van der Waals surface area contributed by atoms with Gasteiger partial charge in [0.1, 0.15) is 11.5 Å². The molecule has 0 saturated heterocycles. The fourth-order valence-corrected chi connectivity index (χ4v) is 5.94. The molecule has 0 aromatic heterocycles. The van der Waals surface area contributed by atoms with E-state index in [9.17, 15) is 9.90 Å². The third-order valence-corrected chi connectivity index (χ3v) is 7.34. The number of allylic oxidation sites excluding steroid dienone is 2. The van der Waals surface area contributed by atoms with E-state index < -0.39 is 5.97 Å². The average Bonchev–Trinajstić information content (AvgIpc) is 2.79. The monoisotopic (exact) mass is 526 g/mol. The summed E-state index contributed by atoms with van der Waals surface area (Å²) in [4.78, 5) is 15.2. The summed E-state index contributed by atoms with van der Waals surface area (Å²) >= 11 is 0. The largest absolute Gasteiger partial charge is 1.00 e. The van der Waals surface area contributed by atoms with E-state index in [-0.39, 0.29) is 29.0 Å². The number of hydrogen-bond donors (Lipinski definition) is 3. The van der Waals surface area contributed by atoms with E-state index in [4.69, 9.17) is 4.74 Å². The zero-order valence-corrected chi connectivity index (χ0v) is 23.2. The fraction of sp³-hybridized carbons (Fsp3) is 0.250. The smallest absolute Gasteiger partial charge is 0.335 e. The Balaban J connectivity index is 0.00000294. The maximum Gasteiger partial charge on any atom is 0.335 e. The van der Waals surface area contributed by atoms with Crippen LogP contribution in [0.15, 0.2) is 60.7 Å². The highest BCUT2D eigenvalue weighted by Gasteiger charge is 2.30. The van der Waals surface area contributed by atoms with Gasteiger partial charge in [-0.2, -0.15) is 0 Å². The SMILES string of the molecule is CC1=CC(C)(C)Nc2cc3c(cc21)C(c1ccc(C(=O)O)cc1)=c1cc2c(cc1O3)=[NH+]C(C)(C)C=C2C.[Cl-]. The first-order valence-corrected chi connectivity index (χ1v) is 12.6. The van der Waals surface area contributed by atoms with E-state index in [1.165, 1.54) is 11.1 Å². The van der Waals surface area contributed by atoms with Gasteiger partial charge >= 0.3 is 5.97 Å². The summed E-state index contributed by atoms with van der Waals surface area (Å²) in [6.07, 6.45) is 4.50. The van der Waals surface area contributed by atoms with Crippen molar-refractivity contribution in [2.45, 2.75) is 52.6 Å². The first kappa shape index (κ1) is 25.8. The molecule has 0 spiro atoms. The highest BCUT2D eigenvalue weighted by molar-refractivity contribution is 5.93. The lowest BCUT2D eigenvalue weighted by Gasteiger charge is -2.33. The van der Waals surface area contributed by atoms with Crippen molar-refractivity contribution in [2.75, 3.05) is 5.32 Å². The highest BCUT2D eigenvalue weighted by Crippen LogP contribution is 2.43. The van der Waals surface area contributed by atoms with Gasteiger partial charge in [0.25, 0.3) is 0 Å². The Bertz CT molecular complexity index is 1710. The minimum absolute atomic E-state index is 0. The van der Waals surface area contributed by atoms with Crippen molar-refractivity contribution < 1.29 is 32.0 Å². The van der Waals surface area contributed by atoms with Crippen molar-refractivity contribution in [3.63, 3.8) is 0 Å². The molecular weight excluding hydrogens is 496 g/mol. The molecule has 38 heavy (non-hydrogen) atoms. The lowest BCUT2D eigenvalue weighted by atomic mass is 9.85. The second-order valence-electron chi connectivity index (χ2n) is 11.5. The van der Waals surface area contributed by atoms with E-state index in [0.717, 1.165) is 55.6 Å². The van der Waals surface area contributed by atoms with E-state index in [1.807, 2.05) is 12.1 Å². The molecule has 0 unspecified atom stereocenters. The summed E-state index contributed by atoms with van der Waals surface area (Å²) in [5.74, 6) is 0.629. The molecule has 0 aliphatic carbocycles. The van der Waals surface area contributed by atoms with Crippen LogP contribution in [0.4, 0.5) is 5.69 Å². The summed E-state index contributed by atoms with van der Waals surface area (Å²) in [5.41, 5.74) is 8.68. The van der Waals surface area contributed by atoms with Crippen LogP contribution in [0.25, 0.3) is 16.7 Å². The number of ether oxygens (including phenoxy) is 1. The second kappa shape index (κ2) is 8.60. The molecule has 3 aromatic rings. The predicted molar refractivity (Wildman–Crippen MR) is 146 cm³/mol.